The van der Waals surface area contributed by atoms with Crippen molar-refractivity contribution in [1.82, 2.24) is 15.1 Å². The van der Waals surface area contributed by atoms with Gasteiger partial charge in [-0.2, -0.15) is 0 Å². The van der Waals surface area contributed by atoms with Gasteiger partial charge >= 0.3 is 6.03 Å². The summed E-state index contributed by atoms with van der Waals surface area (Å²) in [7, 11) is 0. The van der Waals surface area contributed by atoms with Gasteiger partial charge in [0, 0.05) is 23.0 Å². The number of urea groups is 1. The lowest BCUT2D eigenvalue weighted by atomic mass is 10.1. The zero-order valence-corrected chi connectivity index (χ0v) is 19.9. The van der Waals surface area contributed by atoms with E-state index in [9.17, 15) is 9.59 Å². The molecule has 0 bridgehead atoms. The maximum absolute atomic E-state index is 13.4. The largest absolute Gasteiger partial charge is 0.333 e. The molecule has 3 amide bonds. The first kappa shape index (κ1) is 23.9. The summed E-state index contributed by atoms with van der Waals surface area (Å²) < 4.78 is 0. The standard InChI is InChI=1S/C24H35N3O2S/c1-7-19(3)27(23(29)25-24(4,5)6)17-22(28)26(15-20-11-9-8-10-12-20)16-21-18(2)13-14-30-21/h8-14,19H,7,15-17H2,1-6H3,(H,25,29)/t19-/m1/s1. The van der Waals surface area contributed by atoms with Crippen molar-refractivity contribution < 1.29 is 9.59 Å². The van der Waals surface area contributed by atoms with E-state index in [0.717, 1.165) is 12.0 Å². The van der Waals surface area contributed by atoms with Crippen molar-refractivity contribution in [3.8, 4) is 0 Å². The summed E-state index contributed by atoms with van der Waals surface area (Å²) in [5.74, 6) is -0.0454. The molecule has 5 nitrogen and oxygen atoms in total. The first-order valence-corrected chi connectivity index (χ1v) is 11.4. The number of aryl methyl sites for hydroxylation is 1. The van der Waals surface area contributed by atoms with Crippen LogP contribution < -0.4 is 5.32 Å². The van der Waals surface area contributed by atoms with Gasteiger partial charge in [-0.1, -0.05) is 37.3 Å². The zero-order chi connectivity index (χ0) is 22.3. The molecule has 1 aromatic carbocycles. The third kappa shape index (κ3) is 7.17. The third-order valence-corrected chi connectivity index (χ3v) is 6.05. The number of thiophene rings is 1. The minimum atomic E-state index is -0.357. The molecule has 0 saturated carbocycles. The predicted octanol–water partition coefficient (Wildman–Crippen LogP) is 5.19. The smallest absolute Gasteiger partial charge is 0.318 e. The van der Waals surface area contributed by atoms with Crippen LogP contribution in [0, 0.1) is 6.92 Å². The van der Waals surface area contributed by atoms with Gasteiger partial charge in [-0.05, 0) is 63.6 Å². The van der Waals surface area contributed by atoms with E-state index in [0.29, 0.717) is 13.1 Å². The van der Waals surface area contributed by atoms with Crippen molar-refractivity contribution in [3.05, 3.63) is 57.8 Å². The average Bonchev–Trinajstić information content (AvgIpc) is 3.08. The van der Waals surface area contributed by atoms with E-state index in [-0.39, 0.29) is 30.1 Å². The highest BCUT2D eigenvalue weighted by Crippen LogP contribution is 2.20. The number of rotatable bonds is 8. The lowest BCUT2D eigenvalue weighted by molar-refractivity contribution is -0.133. The third-order valence-electron chi connectivity index (χ3n) is 5.04. The quantitative estimate of drug-likeness (QED) is 0.627. The maximum atomic E-state index is 13.4. The highest BCUT2D eigenvalue weighted by Gasteiger charge is 2.27. The maximum Gasteiger partial charge on any atom is 0.318 e. The average molecular weight is 430 g/mol. The Morgan fingerprint density at radius 1 is 1.10 bits per heavy atom. The van der Waals surface area contributed by atoms with Crippen LogP contribution >= 0.6 is 11.3 Å². The Hall–Kier alpha value is -2.34. The van der Waals surface area contributed by atoms with Crippen LogP contribution in [0.1, 0.15) is 57.0 Å². The number of nitrogens with one attached hydrogen (secondary N) is 1. The van der Waals surface area contributed by atoms with E-state index in [2.05, 4.69) is 23.7 Å². The summed E-state index contributed by atoms with van der Waals surface area (Å²) >= 11 is 1.66. The highest BCUT2D eigenvalue weighted by molar-refractivity contribution is 7.10. The van der Waals surface area contributed by atoms with E-state index < -0.39 is 0 Å². The van der Waals surface area contributed by atoms with Crippen LogP contribution in [0.15, 0.2) is 41.8 Å². The Balaban J connectivity index is 2.23. The summed E-state index contributed by atoms with van der Waals surface area (Å²) in [5, 5.41) is 5.06. The van der Waals surface area contributed by atoms with Crippen molar-refractivity contribution in [2.45, 2.75) is 72.6 Å². The molecule has 1 aromatic heterocycles. The molecular formula is C24H35N3O2S. The molecule has 2 aromatic rings. The van der Waals surface area contributed by atoms with Crippen LogP contribution in [-0.4, -0.2) is 39.9 Å². The minimum Gasteiger partial charge on any atom is -0.333 e. The molecule has 0 unspecified atom stereocenters. The fourth-order valence-corrected chi connectivity index (χ4v) is 3.98. The van der Waals surface area contributed by atoms with E-state index in [1.807, 2.05) is 69.9 Å². The summed E-state index contributed by atoms with van der Waals surface area (Å²) in [6, 6.07) is 11.8. The van der Waals surface area contributed by atoms with Gasteiger partial charge < -0.3 is 15.1 Å². The number of hydrogen-bond donors (Lipinski definition) is 1. The lowest BCUT2D eigenvalue weighted by Gasteiger charge is -2.33. The van der Waals surface area contributed by atoms with E-state index in [1.54, 1.807) is 16.2 Å². The van der Waals surface area contributed by atoms with Gasteiger partial charge in [-0.15, -0.1) is 11.3 Å². The number of nitrogens with zero attached hydrogens (tertiary/aromatic N) is 2. The molecule has 0 fully saturated rings. The predicted molar refractivity (Wildman–Crippen MR) is 124 cm³/mol. The SMILES string of the molecule is CC[C@@H](C)N(CC(=O)N(Cc1ccccc1)Cc1sccc1C)C(=O)NC(C)(C)C. The summed E-state index contributed by atoms with van der Waals surface area (Å²) in [4.78, 5) is 31.0. The molecule has 0 saturated heterocycles. The van der Waals surface area contributed by atoms with Crippen LogP contribution in [0.2, 0.25) is 0 Å². The molecule has 0 aliphatic heterocycles. The van der Waals surface area contributed by atoms with Crippen molar-refractivity contribution in [3.63, 3.8) is 0 Å². The molecule has 30 heavy (non-hydrogen) atoms. The minimum absolute atomic E-state index is 0.0293. The second-order valence-corrected chi connectivity index (χ2v) is 9.83. The molecule has 2 rings (SSSR count). The Morgan fingerprint density at radius 3 is 2.30 bits per heavy atom. The van der Waals surface area contributed by atoms with Gasteiger partial charge in [0.25, 0.3) is 0 Å². The zero-order valence-electron chi connectivity index (χ0n) is 19.1. The molecule has 1 heterocycles. The normalized spacial score (nSPS) is 12.3. The van der Waals surface area contributed by atoms with E-state index in [1.165, 1.54) is 10.4 Å². The van der Waals surface area contributed by atoms with Gasteiger partial charge in [0.1, 0.15) is 6.54 Å². The van der Waals surface area contributed by atoms with E-state index in [4.69, 9.17) is 0 Å². The molecule has 1 N–H and O–H groups in total. The lowest BCUT2D eigenvalue weighted by Crippen LogP contribution is -2.54. The molecule has 1 atom stereocenters. The summed E-state index contributed by atoms with van der Waals surface area (Å²) in [6.45, 7) is 13.1. The second kappa shape index (κ2) is 10.6. The molecule has 0 spiro atoms. The number of amides is 3. The fraction of sp³-hybridized carbons (Fsp3) is 0.500. The van der Waals surface area contributed by atoms with Gasteiger partial charge in [-0.3, -0.25) is 4.79 Å². The van der Waals surface area contributed by atoms with Crippen molar-refractivity contribution >= 4 is 23.3 Å². The summed E-state index contributed by atoms with van der Waals surface area (Å²) in [6.07, 6.45) is 0.785. The van der Waals surface area contributed by atoms with Crippen LogP contribution in [0.3, 0.4) is 0 Å². The Morgan fingerprint density at radius 2 is 1.77 bits per heavy atom. The second-order valence-electron chi connectivity index (χ2n) is 8.83. The van der Waals surface area contributed by atoms with Crippen molar-refractivity contribution in [2.75, 3.05) is 6.54 Å². The van der Waals surface area contributed by atoms with Crippen LogP contribution in [-0.2, 0) is 17.9 Å². The van der Waals surface area contributed by atoms with Crippen molar-refractivity contribution in [2.24, 2.45) is 0 Å². The van der Waals surface area contributed by atoms with E-state index >= 15 is 0 Å². The van der Waals surface area contributed by atoms with Crippen LogP contribution in [0.25, 0.3) is 0 Å². The topological polar surface area (TPSA) is 52.7 Å². The first-order valence-electron chi connectivity index (χ1n) is 10.5. The molecule has 164 valence electrons. The first-order chi connectivity index (χ1) is 14.1. The Bertz CT molecular complexity index is 826. The Labute approximate surface area is 185 Å². The van der Waals surface area contributed by atoms with Crippen LogP contribution in [0.5, 0.6) is 0 Å². The summed E-state index contributed by atoms with van der Waals surface area (Å²) in [5.41, 5.74) is 1.91. The molecular weight excluding hydrogens is 394 g/mol. The van der Waals surface area contributed by atoms with Gasteiger partial charge in [0.05, 0.1) is 6.54 Å². The molecule has 0 radical (unpaired) electrons. The Kier molecular flexibility index (Phi) is 8.47. The number of hydrogen-bond acceptors (Lipinski definition) is 3. The van der Waals surface area contributed by atoms with Gasteiger partial charge in [0.2, 0.25) is 5.91 Å². The van der Waals surface area contributed by atoms with Crippen molar-refractivity contribution in [1.29, 1.82) is 0 Å². The molecule has 0 aliphatic carbocycles. The number of carbonyl (C=O) groups excluding carboxylic acids is 2. The number of carbonyl (C=O) groups is 2. The monoisotopic (exact) mass is 429 g/mol. The molecule has 0 aliphatic rings. The van der Waals surface area contributed by atoms with Gasteiger partial charge in [-0.25, -0.2) is 4.79 Å². The number of benzene rings is 1. The van der Waals surface area contributed by atoms with Gasteiger partial charge in [0.15, 0.2) is 0 Å². The van der Waals surface area contributed by atoms with Crippen LogP contribution in [0.4, 0.5) is 4.79 Å². The molecule has 6 heteroatoms. The fourth-order valence-electron chi connectivity index (χ4n) is 3.06. The highest BCUT2D eigenvalue weighted by atomic mass is 32.1.